The molecule has 0 bridgehead atoms. The van der Waals surface area contributed by atoms with E-state index in [1.807, 2.05) is 0 Å². The van der Waals surface area contributed by atoms with E-state index in [-0.39, 0.29) is 5.69 Å². The second-order valence-electron chi connectivity index (χ2n) is 4.59. The van der Waals surface area contributed by atoms with E-state index in [0.29, 0.717) is 5.82 Å². The fraction of sp³-hybridized carbons (Fsp3) is 0.455. The van der Waals surface area contributed by atoms with Gasteiger partial charge >= 0.3 is 12.1 Å². The fourth-order valence-electron chi connectivity index (χ4n) is 1.26. The van der Waals surface area contributed by atoms with Crippen LogP contribution in [0.25, 0.3) is 0 Å². The van der Waals surface area contributed by atoms with Gasteiger partial charge in [-0.15, -0.1) is 0 Å². The van der Waals surface area contributed by atoms with E-state index in [1.54, 1.807) is 27.8 Å². The summed E-state index contributed by atoms with van der Waals surface area (Å²) in [5.74, 6) is -0.679. The van der Waals surface area contributed by atoms with E-state index < -0.39 is 17.7 Å². The van der Waals surface area contributed by atoms with Gasteiger partial charge in [0.1, 0.15) is 17.1 Å². The van der Waals surface area contributed by atoms with Crippen LogP contribution < -0.4 is 5.32 Å². The molecule has 1 amide bonds. The fourth-order valence-corrected chi connectivity index (χ4v) is 1.26. The molecule has 0 radical (unpaired) electrons. The molecule has 0 fully saturated rings. The Kier molecular flexibility index (Phi) is 3.45. The van der Waals surface area contributed by atoms with E-state index in [4.69, 9.17) is 9.84 Å². The molecule has 94 valence electrons. The average molecular weight is 240 g/mol. The highest BCUT2D eigenvalue weighted by Crippen LogP contribution is 2.14. The summed E-state index contributed by atoms with van der Waals surface area (Å²) in [4.78, 5) is 22.3. The van der Waals surface area contributed by atoms with E-state index in [9.17, 15) is 9.59 Å². The average Bonchev–Trinajstić information content (AvgIpc) is 2.44. The van der Waals surface area contributed by atoms with Gasteiger partial charge in [-0.3, -0.25) is 5.32 Å². The van der Waals surface area contributed by atoms with E-state index in [1.165, 1.54) is 16.7 Å². The van der Waals surface area contributed by atoms with Crippen molar-refractivity contribution in [1.82, 2.24) is 4.57 Å². The quantitative estimate of drug-likeness (QED) is 0.829. The van der Waals surface area contributed by atoms with Crippen molar-refractivity contribution in [3.05, 3.63) is 17.8 Å². The minimum Gasteiger partial charge on any atom is -0.477 e. The van der Waals surface area contributed by atoms with Gasteiger partial charge in [0.25, 0.3) is 0 Å². The molecule has 1 heterocycles. The van der Waals surface area contributed by atoms with Gasteiger partial charge in [0.2, 0.25) is 0 Å². The second kappa shape index (κ2) is 4.48. The number of anilines is 1. The third-order valence-corrected chi connectivity index (χ3v) is 1.97. The molecule has 0 atom stereocenters. The number of carboxylic acids is 1. The number of carbonyl (C=O) groups is 2. The molecule has 0 saturated heterocycles. The topological polar surface area (TPSA) is 80.6 Å². The van der Waals surface area contributed by atoms with Crippen LogP contribution in [0.15, 0.2) is 12.1 Å². The number of amides is 1. The predicted octanol–water partition coefficient (Wildman–Crippen LogP) is 2.07. The molecule has 0 aliphatic carbocycles. The molecule has 1 aromatic heterocycles. The van der Waals surface area contributed by atoms with Crippen LogP contribution in [-0.4, -0.2) is 27.3 Å². The van der Waals surface area contributed by atoms with Crippen molar-refractivity contribution in [2.75, 3.05) is 5.32 Å². The zero-order chi connectivity index (χ0) is 13.2. The summed E-state index contributed by atoms with van der Waals surface area (Å²) in [5.41, 5.74) is -0.499. The highest BCUT2D eigenvalue weighted by Gasteiger charge is 2.18. The van der Waals surface area contributed by atoms with Crippen molar-refractivity contribution in [2.45, 2.75) is 26.4 Å². The van der Waals surface area contributed by atoms with Crippen molar-refractivity contribution in [3.63, 3.8) is 0 Å². The Morgan fingerprint density at radius 1 is 1.35 bits per heavy atom. The van der Waals surface area contributed by atoms with E-state index in [0.717, 1.165) is 0 Å². The van der Waals surface area contributed by atoms with Crippen molar-refractivity contribution < 1.29 is 19.4 Å². The molecule has 0 aliphatic rings. The van der Waals surface area contributed by atoms with Crippen molar-refractivity contribution in [3.8, 4) is 0 Å². The van der Waals surface area contributed by atoms with Crippen molar-refractivity contribution in [1.29, 1.82) is 0 Å². The molecule has 0 aliphatic heterocycles. The van der Waals surface area contributed by atoms with Crippen LogP contribution in [0.4, 0.5) is 10.6 Å². The van der Waals surface area contributed by atoms with Gasteiger partial charge in [0.15, 0.2) is 0 Å². The van der Waals surface area contributed by atoms with Gasteiger partial charge < -0.3 is 14.4 Å². The van der Waals surface area contributed by atoms with Gasteiger partial charge in [-0.2, -0.15) is 0 Å². The molecule has 17 heavy (non-hydrogen) atoms. The number of nitrogens with one attached hydrogen (secondary N) is 1. The summed E-state index contributed by atoms with van der Waals surface area (Å²) in [6, 6.07) is 2.92. The molecule has 1 rings (SSSR count). The lowest BCUT2D eigenvalue weighted by atomic mass is 10.2. The van der Waals surface area contributed by atoms with Gasteiger partial charge in [0, 0.05) is 7.05 Å². The lowest BCUT2D eigenvalue weighted by molar-refractivity contribution is 0.0630. The SMILES string of the molecule is Cn1c(NC(=O)OC(C)(C)C)ccc1C(=O)O. The number of ether oxygens (including phenoxy) is 1. The van der Waals surface area contributed by atoms with Gasteiger partial charge in [-0.1, -0.05) is 0 Å². The maximum Gasteiger partial charge on any atom is 0.413 e. The number of aromatic carboxylic acids is 1. The molecule has 0 aromatic carbocycles. The van der Waals surface area contributed by atoms with Crippen LogP contribution in [-0.2, 0) is 11.8 Å². The zero-order valence-corrected chi connectivity index (χ0v) is 10.3. The van der Waals surface area contributed by atoms with Crippen LogP contribution in [0.2, 0.25) is 0 Å². The number of carbonyl (C=O) groups excluding carboxylic acids is 1. The Morgan fingerprint density at radius 3 is 2.35 bits per heavy atom. The van der Waals surface area contributed by atoms with Gasteiger partial charge in [0.05, 0.1) is 0 Å². The highest BCUT2D eigenvalue weighted by atomic mass is 16.6. The molecule has 0 spiro atoms. The maximum absolute atomic E-state index is 11.5. The Morgan fingerprint density at radius 2 is 1.94 bits per heavy atom. The smallest absolute Gasteiger partial charge is 0.413 e. The van der Waals surface area contributed by atoms with Crippen LogP contribution >= 0.6 is 0 Å². The maximum atomic E-state index is 11.5. The summed E-state index contributed by atoms with van der Waals surface area (Å²) in [6.45, 7) is 5.25. The zero-order valence-electron chi connectivity index (χ0n) is 10.3. The van der Waals surface area contributed by atoms with E-state index >= 15 is 0 Å². The first kappa shape index (κ1) is 13.1. The monoisotopic (exact) mass is 240 g/mol. The molecular weight excluding hydrogens is 224 g/mol. The van der Waals surface area contributed by atoms with Gasteiger partial charge in [-0.05, 0) is 32.9 Å². The lowest BCUT2D eigenvalue weighted by Crippen LogP contribution is -2.28. The molecule has 6 heteroatoms. The molecule has 1 aromatic rings. The normalized spacial score (nSPS) is 11.1. The Labute approximate surface area is 99.2 Å². The van der Waals surface area contributed by atoms with Crippen LogP contribution in [0, 0.1) is 0 Å². The molecule has 0 unspecified atom stereocenters. The van der Waals surface area contributed by atoms with Crippen molar-refractivity contribution >= 4 is 17.9 Å². The Bertz CT molecular complexity index is 443. The molecule has 6 nitrogen and oxygen atoms in total. The first-order valence-corrected chi connectivity index (χ1v) is 5.10. The number of aromatic nitrogens is 1. The standard InChI is InChI=1S/C11H16N2O4/c1-11(2,3)17-10(16)12-8-6-5-7(9(14)15)13(8)4/h5-6H,1-4H3,(H,12,16)(H,14,15). The minimum absolute atomic E-state index is 0.0936. The predicted molar refractivity (Wildman–Crippen MR) is 62.2 cm³/mol. The Balaban J connectivity index is 2.76. The summed E-state index contributed by atoms with van der Waals surface area (Å²) in [7, 11) is 1.55. The largest absolute Gasteiger partial charge is 0.477 e. The summed E-state index contributed by atoms with van der Waals surface area (Å²) >= 11 is 0. The van der Waals surface area contributed by atoms with Crippen LogP contribution in [0.5, 0.6) is 0 Å². The second-order valence-corrected chi connectivity index (χ2v) is 4.59. The number of nitrogens with zero attached hydrogens (tertiary/aromatic N) is 1. The third kappa shape index (κ3) is 3.51. The lowest BCUT2D eigenvalue weighted by Gasteiger charge is -2.19. The number of carboxylic acid groups (broad SMARTS) is 1. The highest BCUT2D eigenvalue weighted by molar-refractivity contribution is 5.89. The Hall–Kier alpha value is -1.98. The van der Waals surface area contributed by atoms with Crippen LogP contribution in [0.3, 0.4) is 0 Å². The minimum atomic E-state index is -1.05. The first-order chi connectivity index (χ1) is 7.70. The molecular formula is C11H16N2O4. The number of rotatable bonds is 2. The summed E-state index contributed by atoms with van der Waals surface area (Å²) < 4.78 is 6.42. The third-order valence-electron chi connectivity index (χ3n) is 1.97. The summed E-state index contributed by atoms with van der Waals surface area (Å²) in [6.07, 6.45) is -0.615. The van der Waals surface area contributed by atoms with Crippen molar-refractivity contribution in [2.24, 2.45) is 7.05 Å². The first-order valence-electron chi connectivity index (χ1n) is 5.10. The van der Waals surface area contributed by atoms with Gasteiger partial charge in [-0.25, -0.2) is 9.59 Å². The summed E-state index contributed by atoms with van der Waals surface area (Å²) in [5, 5.41) is 11.3. The van der Waals surface area contributed by atoms with Crippen LogP contribution in [0.1, 0.15) is 31.3 Å². The van der Waals surface area contributed by atoms with E-state index in [2.05, 4.69) is 5.32 Å². The molecule has 0 saturated carbocycles. The number of hydrogen-bond donors (Lipinski definition) is 2. The molecule has 2 N–H and O–H groups in total. The number of hydrogen-bond acceptors (Lipinski definition) is 3.